The van der Waals surface area contributed by atoms with Gasteiger partial charge in [0.25, 0.3) is 0 Å². The van der Waals surface area contributed by atoms with Gasteiger partial charge in [-0.05, 0) is 15.9 Å². The first-order valence-corrected chi connectivity index (χ1v) is 2.01. The van der Waals surface area contributed by atoms with Crippen LogP contribution >= 0.6 is 15.9 Å². The summed E-state index contributed by atoms with van der Waals surface area (Å²) in [6.45, 7) is 3.07. The number of aliphatic carboxylic acids is 1. The van der Waals surface area contributed by atoms with Gasteiger partial charge in [-0.2, -0.15) is 0 Å². The molecule has 0 aromatic rings. The molecule has 1 N–H and O–H groups in total. The van der Waals surface area contributed by atoms with Gasteiger partial charge in [0.1, 0.15) is 0 Å². The van der Waals surface area contributed by atoms with Crippen LogP contribution in [0.2, 0.25) is 0 Å². The van der Waals surface area contributed by atoms with Gasteiger partial charge in [0.05, 0.1) is 4.48 Å². The predicted octanol–water partition coefficient (Wildman–Crippen LogP) is 0.599. The summed E-state index contributed by atoms with van der Waals surface area (Å²) in [6.07, 6.45) is 0. The third-order valence-electron chi connectivity index (χ3n) is 0.232. The molecule has 37 valence electrons. The fourth-order valence-electron chi connectivity index (χ4n) is 0. The van der Waals surface area contributed by atoms with Gasteiger partial charge in [0.2, 0.25) is 0 Å². The van der Waals surface area contributed by atoms with E-state index in [1.54, 1.807) is 0 Å². The molecule has 0 heterocycles. The molecule has 4 heteroatoms. The first-order valence-electron chi connectivity index (χ1n) is 1.22. The third kappa shape index (κ3) is 6.61. The van der Waals surface area contributed by atoms with E-state index in [9.17, 15) is 4.79 Å². The summed E-state index contributed by atoms with van der Waals surface area (Å²) in [6, 6.07) is 0. The molecule has 0 atom stereocenters. The van der Waals surface area contributed by atoms with E-state index in [-0.39, 0.29) is 31.8 Å². The molecule has 7 heavy (non-hydrogen) atoms. The van der Waals surface area contributed by atoms with Crippen LogP contribution in [0.15, 0.2) is 11.1 Å². The van der Waals surface area contributed by atoms with Crippen LogP contribution in [0.1, 0.15) is 0 Å². The van der Waals surface area contributed by atoms with E-state index < -0.39 is 5.97 Å². The van der Waals surface area contributed by atoms with Crippen LogP contribution in [-0.4, -0.2) is 38.4 Å². The maximum absolute atomic E-state index is 9.55. The first kappa shape index (κ1) is 10.6. The Balaban J connectivity index is 0. The molecular weight excluding hydrogens is 352 g/mol. The Morgan fingerprint density at radius 3 is 1.86 bits per heavy atom. The van der Waals surface area contributed by atoms with E-state index in [1.165, 1.54) is 0 Å². The van der Waals surface area contributed by atoms with Crippen molar-refractivity contribution in [3.8, 4) is 0 Å². The van der Waals surface area contributed by atoms with Crippen LogP contribution < -0.4 is 0 Å². The van der Waals surface area contributed by atoms with Gasteiger partial charge >= 0.3 is 5.97 Å². The molecule has 0 aromatic heterocycles. The van der Waals surface area contributed by atoms with Crippen LogP contribution in [0.5, 0.6) is 0 Å². The van der Waals surface area contributed by atoms with Crippen LogP contribution in [0, 0.1) is 0 Å². The maximum atomic E-state index is 9.55. The van der Waals surface area contributed by atoms with Crippen molar-refractivity contribution in [1.82, 2.24) is 0 Å². The normalized spacial score (nSPS) is 6.43. The minimum Gasteiger partial charge on any atom is -0.477 e. The van der Waals surface area contributed by atoms with Gasteiger partial charge < -0.3 is 5.11 Å². The van der Waals surface area contributed by atoms with E-state index in [0.717, 1.165) is 0 Å². The molecule has 0 fully saturated rings. The van der Waals surface area contributed by atoms with E-state index in [1.807, 2.05) is 0 Å². The van der Waals surface area contributed by atoms with Crippen LogP contribution in [0.3, 0.4) is 0 Å². The maximum Gasteiger partial charge on any atom is 0.342 e. The van der Waals surface area contributed by atoms with Crippen molar-refractivity contribution in [2.24, 2.45) is 0 Å². The van der Waals surface area contributed by atoms with Crippen molar-refractivity contribution in [3.05, 3.63) is 11.1 Å². The van der Waals surface area contributed by atoms with E-state index >= 15 is 0 Å². The summed E-state index contributed by atoms with van der Waals surface area (Å²) >= 11 is 2.64. The SMILES string of the molecule is C=C(Br)C(=O)O.[Tl]. The molecule has 0 saturated carbocycles. The molecule has 1 radical (unpaired) electrons. The zero-order chi connectivity index (χ0) is 5.15. The fraction of sp³-hybridized carbons (Fsp3) is 0. The number of carboxylic acids is 1. The van der Waals surface area contributed by atoms with Crippen molar-refractivity contribution in [1.29, 1.82) is 0 Å². The molecule has 0 aromatic carbocycles. The molecule has 0 aliphatic heterocycles. The summed E-state index contributed by atoms with van der Waals surface area (Å²) in [5.74, 6) is -1.02. The second-order valence-corrected chi connectivity index (χ2v) is 1.67. The number of hydrogen-bond acceptors (Lipinski definition) is 1. The fourth-order valence-corrected chi connectivity index (χ4v) is 0. The number of carboxylic acid groups (broad SMARTS) is 1. The summed E-state index contributed by atoms with van der Waals surface area (Å²) in [5, 5.41) is 7.84. The molecule has 0 saturated heterocycles. The zero-order valence-electron chi connectivity index (χ0n) is 3.52. The van der Waals surface area contributed by atoms with Crippen molar-refractivity contribution in [2.75, 3.05) is 0 Å². The Hall–Kier alpha value is 0.612. The molecule has 0 aliphatic rings. The molecule has 0 amide bonds. The van der Waals surface area contributed by atoms with Crippen LogP contribution in [0.4, 0.5) is 0 Å². The number of hydrogen-bond donors (Lipinski definition) is 1. The minimum atomic E-state index is -1.02. The van der Waals surface area contributed by atoms with Gasteiger partial charge in [0.15, 0.2) is 0 Å². The second-order valence-electron chi connectivity index (χ2n) is 0.710. The van der Waals surface area contributed by atoms with Gasteiger partial charge in [-0.15, -0.1) is 0 Å². The Morgan fingerprint density at radius 1 is 1.71 bits per heavy atom. The van der Waals surface area contributed by atoms with Crippen LogP contribution in [-0.2, 0) is 4.79 Å². The Morgan fingerprint density at radius 2 is 1.86 bits per heavy atom. The van der Waals surface area contributed by atoms with Crippen molar-refractivity contribution < 1.29 is 9.90 Å². The quantitative estimate of drug-likeness (QED) is 0.553. The molecule has 2 nitrogen and oxygen atoms in total. The molecule has 0 rings (SSSR count). The van der Waals surface area contributed by atoms with E-state index in [2.05, 4.69) is 22.5 Å². The van der Waals surface area contributed by atoms with Gasteiger partial charge in [-0.3, -0.25) is 0 Å². The summed E-state index contributed by atoms with van der Waals surface area (Å²) in [4.78, 5) is 9.55. The van der Waals surface area contributed by atoms with Crippen molar-refractivity contribution in [3.63, 3.8) is 0 Å². The largest absolute Gasteiger partial charge is 0.477 e. The van der Waals surface area contributed by atoms with Crippen molar-refractivity contribution in [2.45, 2.75) is 0 Å². The van der Waals surface area contributed by atoms with E-state index in [4.69, 9.17) is 5.11 Å². The number of carbonyl (C=O) groups is 1. The van der Waals surface area contributed by atoms with Gasteiger partial charge in [-0.1, -0.05) is 6.58 Å². The molecule has 0 bridgehead atoms. The minimum absolute atomic E-state index is 0. The predicted molar refractivity (Wildman–Crippen MR) is 31.5 cm³/mol. The number of halogens is 1. The Kier molecular flexibility index (Phi) is 7.19. The Bertz CT molecular complexity index is 78.9. The molecule has 0 unspecified atom stereocenters. The summed E-state index contributed by atoms with van der Waals surface area (Å²) < 4.78 is -0.0116. The summed E-state index contributed by atoms with van der Waals surface area (Å²) in [5.41, 5.74) is 0. The monoisotopic (exact) mass is 355 g/mol. The van der Waals surface area contributed by atoms with Gasteiger partial charge in [0, 0.05) is 27.3 Å². The third-order valence-corrected chi connectivity index (χ3v) is 0.571. The van der Waals surface area contributed by atoms with Gasteiger partial charge in [-0.25, -0.2) is 4.79 Å². The average Bonchev–Trinajstić information content (AvgIpc) is 1.36. The van der Waals surface area contributed by atoms with Crippen molar-refractivity contribution >= 4 is 49.2 Å². The topological polar surface area (TPSA) is 37.3 Å². The Labute approximate surface area is 69.9 Å². The molecule has 0 aliphatic carbocycles. The number of rotatable bonds is 1. The average molecular weight is 355 g/mol. The smallest absolute Gasteiger partial charge is 0.342 e. The molecular formula is C3H3BrO2Tl. The standard InChI is InChI=1S/C3H3BrO2.Tl/c1-2(4)3(5)6;/h1H2,(H,5,6);. The molecule has 0 spiro atoms. The van der Waals surface area contributed by atoms with E-state index in [0.29, 0.717) is 0 Å². The zero-order valence-corrected chi connectivity index (χ0v) is 9.59. The van der Waals surface area contributed by atoms with Crippen LogP contribution in [0.25, 0.3) is 0 Å². The summed E-state index contributed by atoms with van der Waals surface area (Å²) in [7, 11) is 0. The first-order chi connectivity index (χ1) is 2.64. The second kappa shape index (κ2) is 4.76.